The fraction of sp³-hybridized carbons (Fsp3) is 0.462. The summed E-state index contributed by atoms with van der Waals surface area (Å²) in [6.07, 6.45) is 1.72. The third kappa shape index (κ3) is 3.11. The summed E-state index contributed by atoms with van der Waals surface area (Å²) in [6, 6.07) is 3.35. The van der Waals surface area contributed by atoms with E-state index in [1.807, 2.05) is 0 Å². The number of hydrogen-bond acceptors (Lipinski definition) is 6. The van der Waals surface area contributed by atoms with Crippen molar-refractivity contribution in [1.29, 1.82) is 0 Å². The molecule has 1 saturated heterocycles. The van der Waals surface area contributed by atoms with Crippen LogP contribution in [0.5, 0.6) is 0 Å². The number of nitrogens with zero attached hydrogens (tertiary/aromatic N) is 2. The molecule has 3 heterocycles. The largest absolute Gasteiger partial charge is 0.439 e. The molecule has 1 atom stereocenters. The lowest BCUT2D eigenvalue weighted by atomic mass is 10.1. The van der Waals surface area contributed by atoms with Crippen molar-refractivity contribution in [3.63, 3.8) is 0 Å². The van der Waals surface area contributed by atoms with E-state index in [4.69, 9.17) is 4.74 Å². The molecule has 1 aliphatic heterocycles. The summed E-state index contributed by atoms with van der Waals surface area (Å²) in [5.74, 6) is -0.312. The van der Waals surface area contributed by atoms with Gasteiger partial charge in [0, 0.05) is 31.7 Å². The molecule has 8 heteroatoms. The van der Waals surface area contributed by atoms with E-state index >= 15 is 0 Å². The molecule has 21 heavy (non-hydrogen) atoms. The maximum absolute atomic E-state index is 12.4. The minimum absolute atomic E-state index is 0.148. The lowest BCUT2D eigenvalue weighted by Gasteiger charge is -2.15. The van der Waals surface area contributed by atoms with Crippen molar-refractivity contribution in [2.45, 2.75) is 6.54 Å². The van der Waals surface area contributed by atoms with Crippen LogP contribution in [0.3, 0.4) is 0 Å². The zero-order valence-electron chi connectivity index (χ0n) is 11.4. The van der Waals surface area contributed by atoms with E-state index in [1.165, 1.54) is 0 Å². The Hall–Kier alpha value is -2.19. The van der Waals surface area contributed by atoms with Gasteiger partial charge in [-0.2, -0.15) is 0 Å². The number of nitrogens with one attached hydrogen (secondary N) is 2. The predicted octanol–water partition coefficient (Wildman–Crippen LogP) is -0.572. The summed E-state index contributed by atoms with van der Waals surface area (Å²) in [7, 11) is 0. The first-order valence-corrected chi connectivity index (χ1v) is 6.78. The van der Waals surface area contributed by atoms with Gasteiger partial charge in [0.25, 0.3) is 5.56 Å². The molecule has 0 amide bonds. The van der Waals surface area contributed by atoms with E-state index < -0.39 is 5.76 Å². The first-order chi connectivity index (χ1) is 10.2. The van der Waals surface area contributed by atoms with Gasteiger partial charge in [0.1, 0.15) is 0 Å². The summed E-state index contributed by atoms with van der Waals surface area (Å²) >= 11 is 0. The molecule has 0 spiro atoms. The number of ether oxygens (including phenoxy) is 1. The lowest BCUT2D eigenvalue weighted by molar-refractivity contribution is 0.117. The van der Waals surface area contributed by atoms with E-state index in [0.717, 1.165) is 13.1 Å². The Morgan fingerprint density at radius 2 is 2.33 bits per heavy atom. The van der Waals surface area contributed by atoms with Crippen LogP contribution in [0.4, 0.5) is 0 Å². The third-order valence-corrected chi connectivity index (χ3v) is 3.38. The van der Waals surface area contributed by atoms with Crippen LogP contribution in [0.15, 0.2) is 32.4 Å². The summed E-state index contributed by atoms with van der Waals surface area (Å²) in [4.78, 5) is 25.8. The molecule has 1 fully saturated rings. The Bertz CT molecular complexity index is 709. The Balaban J connectivity index is 1.86. The molecule has 1 unspecified atom stereocenters. The topological polar surface area (TPSA) is 102 Å². The van der Waals surface area contributed by atoms with Crippen molar-refractivity contribution in [1.82, 2.24) is 20.0 Å². The Morgan fingerprint density at radius 1 is 1.43 bits per heavy atom. The van der Waals surface area contributed by atoms with Crippen molar-refractivity contribution in [3.05, 3.63) is 39.2 Å². The zero-order valence-corrected chi connectivity index (χ0v) is 11.4. The van der Waals surface area contributed by atoms with Crippen LogP contribution in [0.25, 0.3) is 11.4 Å². The minimum atomic E-state index is -0.679. The number of H-pyrrole nitrogens is 1. The molecular formula is C13H16N4O4. The van der Waals surface area contributed by atoms with Gasteiger partial charge >= 0.3 is 5.76 Å². The summed E-state index contributed by atoms with van der Waals surface area (Å²) in [5.41, 5.74) is 0.0946. The van der Waals surface area contributed by atoms with Gasteiger partial charge < -0.3 is 14.6 Å². The first kappa shape index (κ1) is 13.8. The Labute approximate surface area is 119 Å². The molecule has 0 aliphatic carbocycles. The van der Waals surface area contributed by atoms with Crippen LogP contribution in [-0.4, -0.2) is 41.0 Å². The maximum atomic E-state index is 12.4. The summed E-state index contributed by atoms with van der Waals surface area (Å²) in [5, 5.41) is 6.83. The molecule has 3 rings (SSSR count). The van der Waals surface area contributed by atoms with Crippen LogP contribution in [-0.2, 0) is 11.3 Å². The Morgan fingerprint density at radius 3 is 3.14 bits per heavy atom. The van der Waals surface area contributed by atoms with Crippen LogP contribution >= 0.6 is 0 Å². The molecular weight excluding hydrogens is 276 g/mol. The molecule has 2 aromatic rings. The van der Waals surface area contributed by atoms with Crippen molar-refractivity contribution in [2.75, 3.05) is 26.3 Å². The summed E-state index contributed by atoms with van der Waals surface area (Å²) < 4.78 is 11.5. The first-order valence-electron chi connectivity index (χ1n) is 6.78. The second kappa shape index (κ2) is 6.06. The fourth-order valence-electron chi connectivity index (χ4n) is 2.36. The molecule has 0 aromatic carbocycles. The van der Waals surface area contributed by atoms with Gasteiger partial charge in [-0.25, -0.2) is 4.79 Å². The van der Waals surface area contributed by atoms with E-state index in [0.29, 0.717) is 25.3 Å². The predicted molar refractivity (Wildman–Crippen MR) is 74.0 cm³/mol. The van der Waals surface area contributed by atoms with Gasteiger partial charge in [-0.15, -0.1) is 0 Å². The van der Waals surface area contributed by atoms with E-state index in [1.54, 1.807) is 22.9 Å². The lowest BCUT2D eigenvalue weighted by Crippen LogP contribution is -2.31. The van der Waals surface area contributed by atoms with Gasteiger partial charge in [-0.05, 0) is 12.1 Å². The SMILES string of the molecule is O=c1[nH]c(-c2cccn(CC3CNCCOC3)c2=O)no1. The molecule has 0 bridgehead atoms. The van der Waals surface area contributed by atoms with E-state index in [9.17, 15) is 9.59 Å². The fourth-order valence-corrected chi connectivity index (χ4v) is 2.36. The van der Waals surface area contributed by atoms with Crippen molar-refractivity contribution in [3.8, 4) is 11.4 Å². The Kier molecular flexibility index (Phi) is 3.98. The average Bonchev–Trinajstić information content (AvgIpc) is 2.74. The minimum Gasteiger partial charge on any atom is -0.380 e. The van der Waals surface area contributed by atoms with E-state index in [-0.39, 0.29) is 17.3 Å². The highest BCUT2D eigenvalue weighted by atomic mass is 16.5. The number of pyridine rings is 1. The normalized spacial score (nSPS) is 19.3. The van der Waals surface area contributed by atoms with Gasteiger partial charge in [-0.3, -0.25) is 14.3 Å². The van der Waals surface area contributed by atoms with Crippen molar-refractivity contribution >= 4 is 0 Å². The second-order valence-electron chi connectivity index (χ2n) is 4.97. The molecule has 0 radical (unpaired) electrons. The van der Waals surface area contributed by atoms with Crippen LogP contribution in [0, 0.1) is 5.92 Å². The number of aromatic amines is 1. The summed E-state index contributed by atoms with van der Waals surface area (Å²) in [6.45, 7) is 3.47. The van der Waals surface area contributed by atoms with Crippen LogP contribution < -0.4 is 16.6 Å². The number of rotatable bonds is 3. The molecule has 112 valence electrons. The molecule has 0 saturated carbocycles. The maximum Gasteiger partial charge on any atom is 0.439 e. The molecule has 1 aliphatic rings. The van der Waals surface area contributed by atoms with Gasteiger partial charge in [0.05, 0.1) is 18.8 Å². The van der Waals surface area contributed by atoms with E-state index in [2.05, 4.69) is 20.0 Å². The standard InChI is InChI=1S/C13H16N4O4/c18-12-10(11-15-13(19)21-16-11)2-1-4-17(12)7-9-6-14-3-5-20-8-9/h1-2,4,9,14H,3,5-8H2,(H,15,16,19). The molecule has 2 N–H and O–H groups in total. The second-order valence-corrected chi connectivity index (χ2v) is 4.97. The highest BCUT2D eigenvalue weighted by molar-refractivity contribution is 5.51. The van der Waals surface area contributed by atoms with Crippen molar-refractivity contribution < 1.29 is 9.26 Å². The average molecular weight is 292 g/mol. The van der Waals surface area contributed by atoms with Gasteiger partial charge in [-0.1, -0.05) is 5.16 Å². The molecule has 2 aromatic heterocycles. The van der Waals surface area contributed by atoms with Crippen LogP contribution in [0.2, 0.25) is 0 Å². The smallest absolute Gasteiger partial charge is 0.380 e. The van der Waals surface area contributed by atoms with Crippen LogP contribution in [0.1, 0.15) is 0 Å². The highest BCUT2D eigenvalue weighted by Crippen LogP contribution is 2.08. The third-order valence-electron chi connectivity index (χ3n) is 3.38. The van der Waals surface area contributed by atoms with Gasteiger partial charge in [0.15, 0.2) is 5.82 Å². The monoisotopic (exact) mass is 292 g/mol. The number of hydrogen-bond donors (Lipinski definition) is 2. The zero-order chi connectivity index (χ0) is 14.7. The number of aromatic nitrogens is 3. The quantitative estimate of drug-likeness (QED) is 0.785. The van der Waals surface area contributed by atoms with Crippen molar-refractivity contribution in [2.24, 2.45) is 5.92 Å². The molecule has 8 nitrogen and oxygen atoms in total. The highest BCUT2D eigenvalue weighted by Gasteiger charge is 2.16. The van der Waals surface area contributed by atoms with Gasteiger partial charge in [0.2, 0.25) is 0 Å².